The molecular formula is C18H23N5O2S. The Labute approximate surface area is 156 Å². The van der Waals surface area contributed by atoms with E-state index < -0.39 is 0 Å². The number of pyridine rings is 1. The molecule has 3 heterocycles. The van der Waals surface area contributed by atoms with E-state index in [1.807, 2.05) is 16.3 Å². The Morgan fingerprint density at radius 2 is 2.27 bits per heavy atom. The van der Waals surface area contributed by atoms with E-state index in [1.165, 1.54) is 0 Å². The van der Waals surface area contributed by atoms with Crippen LogP contribution < -0.4 is 16.0 Å². The fraction of sp³-hybridized carbons (Fsp3) is 0.444. The van der Waals surface area contributed by atoms with Crippen LogP contribution >= 0.6 is 11.3 Å². The third kappa shape index (κ3) is 4.37. The molecule has 1 atom stereocenters. The minimum atomic E-state index is -0.265. The Hall–Kier alpha value is -2.48. The number of hydrogen-bond acceptors (Lipinski definition) is 6. The zero-order chi connectivity index (χ0) is 18.5. The number of carbonyl (C=O) groups is 2. The predicted molar refractivity (Wildman–Crippen MR) is 101 cm³/mol. The second kappa shape index (κ2) is 8.27. The number of thiazole rings is 1. The number of aromatic nitrogens is 2. The second-order valence-electron chi connectivity index (χ2n) is 6.36. The van der Waals surface area contributed by atoms with Crippen molar-refractivity contribution in [1.82, 2.24) is 15.3 Å². The molecule has 138 valence electrons. The molecule has 1 aliphatic heterocycles. The number of anilines is 1. The highest BCUT2D eigenvalue weighted by Crippen LogP contribution is 2.21. The number of piperidine rings is 1. The van der Waals surface area contributed by atoms with Gasteiger partial charge >= 0.3 is 0 Å². The molecule has 1 saturated heterocycles. The summed E-state index contributed by atoms with van der Waals surface area (Å²) in [4.78, 5) is 34.5. The lowest BCUT2D eigenvalue weighted by Gasteiger charge is -2.32. The van der Waals surface area contributed by atoms with Crippen molar-refractivity contribution in [3.63, 3.8) is 0 Å². The predicted octanol–water partition coefficient (Wildman–Crippen LogP) is 1.73. The van der Waals surface area contributed by atoms with Gasteiger partial charge in [0.05, 0.1) is 23.7 Å². The van der Waals surface area contributed by atoms with Gasteiger partial charge in [0.25, 0.3) is 5.91 Å². The second-order valence-corrected chi connectivity index (χ2v) is 7.30. The molecule has 1 aliphatic rings. The Morgan fingerprint density at radius 3 is 2.92 bits per heavy atom. The maximum Gasteiger partial charge on any atom is 0.253 e. The molecule has 2 aromatic heterocycles. The molecule has 0 spiro atoms. The van der Waals surface area contributed by atoms with E-state index >= 15 is 0 Å². The van der Waals surface area contributed by atoms with Gasteiger partial charge in [0.2, 0.25) is 5.91 Å². The van der Waals surface area contributed by atoms with Gasteiger partial charge in [-0.05, 0) is 31.4 Å². The van der Waals surface area contributed by atoms with E-state index in [0.717, 1.165) is 42.3 Å². The van der Waals surface area contributed by atoms with Crippen molar-refractivity contribution in [2.75, 3.05) is 18.0 Å². The Morgan fingerprint density at radius 1 is 1.42 bits per heavy atom. The molecule has 2 amide bonds. The van der Waals surface area contributed by atoms with Gasteiger partial charge in [-0.1, -0.05) is 6.92 Å². The first-order valence-corrected chi connectivity index (χ1v) is 9.66. The van der Waals surface area contributed by atoms with E-state index in [0.29, 0.717) is 18.7 Å². The van der Waals surface area contributed by atoms with Gasteiger partial charge in [-0.3, -0.25) is 9.59 Å². The number of nitrogens with zero attached hydrogens (tertiary/aromatic N) is 3. The first kappa shape index (κ1) is 18.3. The van der Waals surface area contributed by atoms with E-state index in [-0.39, 0.29) is 17.7 Å². The van der Waals surface area contributed by atoms with Crippen molar-refractivity contribution < 1.29 is 9.59 Å². The van der Waals surface area contributed by atoms with Crippen molar-refractivity contribution in [1.29, 1.82) is 0 Å². The molecule has 0 radical (unpaired) electrons. The average Bonchev–Trinajstić information content (AvgIpc) is 3.14. The Kier molecular flexibility index (Phi) is 5.82. The molecule has 0 aromatic carbocycles. The zero-order valence-corrected chi connectivity index (χ0v) is 15.6. The van der Waals surface area contributed by atoms with E-state index in [1.54, 1.807) is 23.6 Å². The van der Waals surface area contributed by atoms with Gasteiger partial charge in [-0.15, -0.1) is 11.3 Å². The average molecular weight is 373 g/mol. The van der Waals surface area contributed by atoms with Gasteiger partial charge in [-0.25, -0.2) is 9.97 Å². The number of aryl methyl sites for hydroxylation is 1. The van der Waals surface area contributed by atoms with Crippen molar-refractivity contribution in [2.45, 2.75) is 32.7 Å². The number of rotatable bonds is 6. The summed E-state index contributed by atoms with van der Waals surface area (Å²) in [7, 11) is 0. The highest BCUT2D eigenvalue weighted by atomic mass is 32.1. The van der Waals surface area contributed by atoms with Gasteiger partial charge in [0.15, 0.2) is 0 Å². The fourth-order valence-electron chi connectivity index (χ4n) is 2.98. The smallest absolute Gasteiger partial charge is 0.253 e. The van der Waals surface area contributed by atoms with Crippen LogP contribution in [-0.4, -0.2) is 34.9 Å². The molecule has 0 bridgehead atoms. The highest BCUT2D eigenvalue weighted by Gasteiger charge is 2.24. The summed E-state index contributed by atoms with van der Waals surface area (Å²) < 4.78 is 0. The van der Waals surface area contributed by atoms with Crippen LogP contribution in [0, 0.1) is 5.92 Å². The summed E-state index contributed by atoms with van der Waals surface area (Å²) in [5, 5.41) is 5.77. The quantitative estimate of drug-likeness (QED) is 0.803. The minimum absolute atomic E-state index is 0.139. The van der Waals surface area contributed by atoms with Crippen molar-refractivity contribution in [3.8, 4) is 0 Å². The number of carbonyl (C=O) groups excluding carboxylic acids is 2. The maximum atomic E-state index is 12.3. The largest absolute Gasteiger partial charge is 0.369 e. The van der Waals surface area contributed by atoms with Crippen LogP contribution in [0.15, 0.2) is 23.7 Å². The summed E-state index contributed by atoms with van der Waals surface area (Å²) in [6, 6.07) is 3.57. The maximum absolute atomic E-state index is 12.3. The number of nitrogens with two attached hydrogens (primary N) is 1. The molecule has 26 heavy (non-hydrogen) atoms. The van der Waals surface area contributed by atoms with Crippen LogP contribution in [0.25, 0.3) is 0 Å². The molecule has 1 unspecified atom stereocenters. The van der Waals surface area contributed by atoms with Crippen LogP contribution in [0.2, 0.25) is 0 Å². The van der Waals surface area contributed by atoms with Crippen molar-refractivity contribution in [2.24, 2.45) is 11.7 Å². The molecule has 2 aromatic rings. The summed E-state index contributed by atoms with van der Waals surface area (Å²) >= 11 is 1.55. The Bertz CT molecular complexity index is 774. The first-order valence-electron chi connectivity index (χ1n) is 8.78. The number of amides is 2. The SMILES string of the molecule is CCc1csc(CNC(=O)c2ccc(N3CCCC(C(N)=O)C3)nc2)n1. The molecule has 8 heteroatoms. The first-order chi connectivity index (χ1) is 12.6. The topological polar surface area (TPSA) is 101 Å². The summed E-state index contributed by atoms with van der Waals surface area (Å²) in [5.41, 5.74) is 6.97. The van der Waals surface area contributed by atoms with Gasteiger partial charge in [0.1, 0.15) is 10.8 Å². The van der Waals surface area contributed by atoms with Crippen LogP contribution in [0.4, 0.5) is 5.82 Å². The molecule has 1 fully saturated rings. The van der Waals surface area contributed by atoms with E-state index in [4.69, 9.17) is 5.73 Å². The van der Waals surface area contributed by atoms with Gasteiger partial charge < -0.3 is 16.0 Å². The van der Waals surface area contributed by atoms with Gasteiger partial charge in [-0.2, -0.15) is 0 Å². The van der Waals surface area contributed by atoms with E-state index in [9.17, 15) is 9.59 Å². The third-order valence-corrected chi connectivity index (χ3v) is 5.42. The van der Waals surface area contributed by atoms with Crippen molar-refractivity contribution in [3.05, 3.63) is 40.0 Å². The summed E-state index contributed by atoms with van der Waals surface area (Å²) in [6.45, 7) is 3.89. The summed E-state index contributed by atoms with van der Waals surface area (Å²) in [6.07, 6.45) is 4.19. The molecule has 7 nitrogen and oxygen atoms in total. The fourth-order valence-corrected chi connectivity index (χ4v) is 3.79. The molecule has 3 rings (SSSR count). The Balaban J connectivity index is 1.58. The molecule has 0 aliphatic carbocycles. The minimum Gasteiger partial charge on any atom is -0.369 e. The lowest BCUT2D eigenvalue weighted by molar-refractivity contribution is -0.122. The van der Waals surface area contributed by atoms with Crippen LogP contribution in [-0.2, 0) is 17.8 Å². The van der Waals surface area contributed by atoms with Crippen molar-refractivity contribution >= 4 is 29.0 Å². The number of primary amides is 1. The van der Waals surface area contributed by atoms with Crippen LogP contribution in [0.5, 0.6) is 0 Å². The van der Waals surface area contributed by atoms with Crippen LogP contribution in [0.3, 0.4) is 0 Å². The molecule has 3 N–H and O–H groups in total. The normalized spacial score (nSPS) is 17.1. The van der Waals surface area contributed by atoms with Crippen LogP contribution in [0.1, 0.15) is 40.8 Å². The highest BCUT2D eigenvalue weighted by molar-refractivity contribution is 7.09. The van der Waals surface area contributed by atoms with Gasteiger partial charge in [0, 0.05) is 24.7 Å². The number of hydrogen-bond donors (Lipinski definition) is 2. The lowest BCUT2D eigenvalue weighted by Crippen LogP contribution is -2.41. The molecule has 0 saturated carbocycles. The molecular weight excluding hydrogens is 350 g/mol. The summed E-state index contributed by atoms with van der Waals surface area (Å²) in [5.74, 6) is 0.185. The van der Waals surface area contributed by atoms with E-state index in [2.05, 4.69) is 22.2 Å². The standard InChI is InChI=1S/C18H23N5O2S/c1-2-14-11-26-16(22-14)9-21-18(25)12-5-6-15(20-8-12)23-7-3-4-13(10-23)17(19)24/h5-6,8,11,13H,2-4,7,9-10H2,1H3,(H2,19,24)(H,21,25). The zero-order valence-electron chi connectivity index (χ0n) is 14.8. The lowest BCUT2D eigenvalue weighted by atomic mass is 9.97. The monoisotopic (exact) mass is 373 g/mol. The number of nitrogens with one attached hydrogen (secondary N) is 1. The third-order valence-electron chi connectivity index (χ3n) is 4.52.